The summed E-state index contributed by atoms with van der Waals surface area (Å²) in [5, 5.41) is 8.41. The summed E-state index contributed by atoms with van der Waals surface area (Å²) in [6, 6.07) is 6.75. The molecule has 2 N–H and O–H groups in total. The van der Waals surface area contributed by atoms with Crippen LogP contribution in [0.5, 0.6) is 0 Å². The Morgan fingerprint density at radius 3 is 2.48 bits per heavy atom. The lowest BCUT2D eigenvalue weighted by Crippen LogP contribution is -2.63. The van der Waals surface area contributed by atoms with Crippen LogP contribution in [-0.4, -0.2) is 83.3 Å². The van der Waals surface area contributed by atoms with Gasteiger partial charge in [-0.05, 0) is 71.8 Å². The molecule has 232 valence electrons. The average molecular weight is 589 g/mol. The quantitative estimate of drug-likeness (QED) is 0.214. The van der Waals surface area contributed by atoms with Crippen molar-refractivity contribution in [1.29, 1.82) is 0 Å². The van der Waals surface area contributed by atoms with E-state index in [4.69, 9.17) is 14.2 Å². The molecule has 1 aromatic rings. The van der Waals surface area contributed by atoms with Crippen LogP contribution in [0.2, 0.25) is 0 Å². The predicted octanol–water partition coefficient (Wildman–Crippen LogP) is 2.84. The Labute approximate surface area is 247 Å². The SMILES string of the molecule is CCOC(=O)C(CCCCNC(=O)OCc1ccccc1)NC1CCC(=O)N2CCCC(C(=O)OC(C)(C)C)N2C1=O. The lowest BCUT2D eigenvalue weighted by Gasteiger charge is -2.43. The molecule has 3 amide bonds. The Balaban J connectivity index is 1.58. The van der Waals surface area contributed by atoms with Crippen molar-refractivity contribution >= 4 is 29.8 Å². The highest BCUT2D eigenvalue weighted by molar-refractivity contribution is 5.92. The van der Waals surface area contributed by atoms with Crippen LogP contribution in [0.25, 0.3) is 0 Å². The third kappa shape index (κ3) is 9.71. The highest BCUT2D eigenvalue weighted by atomic mass is 16.6. The maximum atomic E-state index is 13.8. The van der Waals surface area contributed by atoms with Gasteiger partial charge in [-0.3, -0.25) is 24.7 Å². The zero-order valence-electron chi connectivity index (χ0n) is 25.1. The van der Waals surface area contributed by atoms with Crippen LogP contribution in [0, 0.1) is 0 Å². The smallest absolute Gasteiger partial charge is 0.407 e. The summed E-state index contributed by atoms with van der Waals surface area (Å²) >= 11 is 0. The molecule has 0 spiro atoms. The number of nitrogens with one attached hydrogen (secondary N) is 2. The third-order valence-electron chi connectivity index (χ3n) is 6.92. The molecule has 2 aliphatic heterocycles. The van der Waals surface area contributed by atoms with E-state index in [-0.39, 0.29) is 32.0 Å². The number of hydrogen-bond donors (Lipinski definition) is 2. The second kappa shape index (κ2) is 15.5. The van der Waals surface area contributed by atoms with Crippen molar-refractivity contribution in [2.45, 2.75) is 103 Å². The number of nitrogens with zero attached hydrogens (tertiary/aromatic N) is 2. The Kier molecular flexibility index (Phi) is 12.1. The lowest BCUT2D eigenvalue weighted by molar-refractivity contribution is -0.188. The number of carbonyl (C=O) groups is 5. The number of hydrogen-bond acceptors (Lipinski definition) is 9. The zero-order chi connectivity index (χ0) is 30.7. The fraction of sp³-hybridized carbons (Fsp3) is 0.633. The molecule has 12 nitrogen and oxygen atoms in total. The fourth-order valence-electron chi connectivity index (χ4n) is 4.97. The highest BCUT2D eigenvalue weighted by Gasteiger charge is 2.46. The van der Waals surface area contributed by atoms with Crippen molar-refractivity contribution in [2.75, 3.05) is 19.7 Å². The first-order valence-electron chi connectivity index (χ1n) is 14.7. The number of ether oxygens (including phenoxy) is 3. The van der Waals surface area contributed by atoms with Gasteiger partial charge in [-0.25, -0.2) is 14.6 Å². The van der Waals surface area contributed by atoms with Crippen molar-refractivity contribution in [1.82, 2.24) is 20.7 Å². The minimum absolute atomic E-state index is 0.0888. The van der Waals surface area contributed by atoms with Gasteiger partial charge in [-0.15, -0.1) is 0 Å². The fourth-order valence-corrected chi connectivity index (χ4v) is 4.97. The van der Waals surface area contributed by atoms with Crippen molar-refractivity contribution in [3.05, 3.63) is 35.9 Å². The van der Waals surface area contributed by atoms with E-state index < -0.39 is 47.7 Å². The summed E-state index contributed by atoms with van der Waals surface area (Å²) < 4.78 is 16.0. The summed E-state index contributed by atoms with van der Waals surface area (Å²) in [6.07, 6.45) is 2.13. The van der Waals surface area contributed by atoms with Gasteiger partial charge in [0.05, 0.1) is 12.6 Å². The van der Waals surface area contributed by atoms with E-state index in [1.54, 1.807) is 27.7 Å². The molecule has 3 atom stereocenters. The number of unbranched alkanes of at least 4 members (excludes halogenated alkanes) is 1. The predicted molar refractivity (Wildman–Crippen MR) is 152 cm³/mol. The molecule has 0 bridgehead atoms. The average Bonchev–Trinajstić information content (AvgIpc) is 3.07. The van der Waals surface area contributed by atoms with E-state index in [2.05, 4.69) is 10.6 Å². The van der Waals surface area contributed by atoms with Gasteiger partial charge in [0, 0.05) is 19.5 Å². The molecule has 0 saturated carbocycles. The number of esters is 2. The molecule has 12 heteroatoms. The Morgan fingerprint density at radius 1 is 1.05 bits per heavy atom. The second-order valence-corrected chi connectivity index (χ2v) is 11.4. The number of rotatable bonds is 12. The molecular weight excluding hydrogens is 544 g/mol. The van der Waals surface area contributed by atoms with E-state index >= 15 is 0 Å². The summed E-state index contributed by atoms with van der Waals surface area (Å²) in [5.41, 5.74) is 0.133. The van der Waals surface area contributed by atoms with Gasteiger partial charge >= 0.3 is 18.0 Å². The summed E-state index contributed by atoms with van der Waals surface area (Å²) in [5.74, 6) is -1.77. The van der Waals surface area contributed by atoms with Crippen LogP contribution < -0.4 is 10.6 Å². The molecule has 0 aliphatic carbocycles. The van der Waals surface area contributed by atoms with E-state index in [0.717, 1.165) is 5.56 Å². The van der Waals surface area contributed by atoms with E-state index in [9.17, 15) is 24.0 Å². The maximum Gasteiger partial charge on any atom is 0.407 e. The van der Waals surface area contributed by atoms with Gasteiger partial charge in [0.2, 0.25) is 5.91 Å². The van der Waals surface area contributed by atoms with Gasteiger partial charge < -0.3 is 19.5 Å². The summed E-state index contributed by atoms with van der Waals surface area (Å²) in [6.45, 7) is 7.97. The number of carbonyl (C=O) groups excluding carboxylic acids is 5. The number of amides is 3. The number of fused-ring (bicyclic) bond motifs is 1. The maximum absolute atomic E-state index is 13.8. The molecule has 2 heterocycles. The lowest BCUT2D eigenvalue weighted by atomic mass is 10.0. The van der Waals surface area contributed by atoms with Gasteiger partial charge in [0.15, 0.2) is 6.04 Å². The first-order valence-corrected chi connectivity index (χ1v) is 14.7. The Morgan fingerprint density at radius 2 is 1.79 bits per heavy atom. The van der Waals surface area contributed by atoms with Crippen molar-refractivity contribution in [3.63, 3.8) is 0 Å². The second-order valence-electron chi connectivity index (χ2n) is 11.4. The minimum atomic E-state index is -0.925. The van der Waals surface area contributed by atoms with E-state index in [1.807, 2.05) is 30.3 Å². The molecule has 42 heavy (non-hydrogen) atoms. The van der Waals surface area contributed by atoms with Gasteiger partial charge in [-0.2, -0.15) is 0 Å². The number of alkyl carbamates (subject to hydrolysis) is 1. The van der Waals surface area contributed by atoms with Crippen molar-refractivity contribution in [3.8, 4) is 0 Å². The van der Waals surface area contributed by atoms with Crippen LogP contribution in [0.4, 0.5) is 4.79 Å². The molecule has 2 aliphatic rings. The summed E-state index contributed by atoms with van der Waals surface area (Å²) in [4.78, 5) is 64.6. The molecule has 3 unspecified atom stereocenters. The zero-order valence-corrected chi connectivity index (χ0v) is 25.1. The first kappa shape index (κ1) is 32.8. The molecule has 2 saturated heterocycles. The van der Waals surface area contributed by atoms with E-state index in [1.165, 1.54) is 10.0 Å². The number of benzene rings is 1. The monoisotopic (exact) mass is 588 g/mol. The Bertz CT molecular complexity index is 1090. The summed E-state index contributed by atoms with van der Waals surface area (Å²) in [7, 11) is 0. The van der Waals surface area contributed by atoms with Crippen LogP contribution in [0.15, 0.2) is 30.3 Å². The molecule has 0 aromatic heterocycles. The molecular formula is C30H44N4O8. The van der Waals surface area contributed by atoms with Crippen LogP contribution in [-0.2, 0) is 40.0 Å². The van der Waals surface area contributed by atoms with Crippen LogP contribution in [0.3, 0.4) is 0 Å². The minimum Gasteiger partial charge on any atom is -0.465 e. The van der Waals surface area contributed by atoms with Gasteiger partial charge in [-0.1, -0.05) is 30.3 Å². The highest BCUT2D eigenvalue weighted by Crippen LogP contribution is 2.27. The number of hydrazine groups is 1. The largest absolute Gasteiger partial charge is 0.465 e. The van der Waals surface area contributed by atoms with E-state index in [0.29, 0.717) is 45.2 Å². The van der Waals surface area contributed by atoms with Gasteiger partial charge in [0.25, 0.3) is 5.91 Å². The van der Waals surface area contributed by atoms with Crippen LogP contribution in [0.1, 0.15) is 78.2 Å². The molecule has 0 radical (unpaired) electrons. The standard InChI is InChI=1S/C30H44N4O8/c1-5-40-27(37)23(14-9-10-18-31-29(39)41-20-21-12-7-6-8-13-21)32-22-16-17-25(35)33-19-11-15-24(34(33)26(22)36)28(38)42-30(2,3)4/h6-8,12-13,22-24,32H,5,9-11,14-20H2,1-4H3,(H,31,39). The van der Waals surface area contributed by atoms with Crippen molar-refractivity contribution < 1.29 is 38.2 Å². The molecule has 3 rings (SSSR count). The van der Waals surface area contributed by atoms with Crippen LogP contribution >= 0.6 is 0 Å². The topological polar surface area (TPSA) is 144 Å². The van der Waals surface area contributed by atoms with Gasteiger partial charge in [0.1, 0.15) is 18.2 Å². The third-order valence-corrected chi connectivity index (χ3v) is 6.92. The molecule has 1 aromatic carbocycles. The normalized spacial score (nSPS) is 19.8. The Hall–Kier alpha value is -3.67. The first-order chi connectivity index (χ1) is 20.0. The van der Waals surface area contributed by atoms with Crippen molar-refractivity contribution in [2.24, 2.45) is 0 Å². The molecule has 2 fully saturated rings.